The summed E-state index contributed by atoms with van der Waals surface area (Å²) in [6.45, 7) is 1.50. The fraction of sp³-hybridized carbons (Fsp3) is 0.438. The number of carbonyl (C=O) groups is 2. The first-order valence-corrected chi connectivity index (χ1v) is 8.86. The third kappa shape index (κ3) is 4.06. The van der Waals surface area contributed by atoms with Crippen molar-refractivity contribution in [2.24, 2.45) is 0 Å². The maximum atomic E-state index is 12.6. The highest BCUT2D eigenvalue weighted by atomic mass is 32.1. The summed E-state index contributed by atoms with van der Waals surface area (Å²) in [6.07, 6.45) is -1.53. The van der Waals surface area contributed by atoms with Gasteiger partial charge < -0.3 is 10.1 Å². The van der Waals surface area contributed by atoms with Gasteiger partial charge in [0.1, 0.15) is 11.5 Å². The average molecular weight is 387 g/mol. The van der Waals surface area contributed by atoms with E-state index < -0.39 is 30.3 Å². The second kappa shape index (κ2) is 7.10. The van der Waals surface area contributed by atoms with Gasteiger partial charge in [0.15, 0.2) is 5.69 Å². The number of anilines is 1. The number of nitrogens with one attached hydrogen (secondary N) is 1. The third-order valence-corrected chi connectivity index (χ3v) is 4.72. The Bertz CT molecular complexity index is 824. The highest BCUT2D eigenvalue weighted by Crippen LogP contribution is 2.46. The van der Waals surface area contributed by atoms with Crippen LogP contribution in [0.2, 0.25) is 0 Å². The summed E-state index contributed by atoms with van der Waals surface area (Å²) in [6, 6.07) is 0.799. The molecule has 1 aliphatic rings. The van der Waals surface area contributed by atoms with Crippen LogP contribution in [0, 0.1) is 0 Å². The zero-order valence-electron chi connectivity index (χ0n) is 13.8. The van der Waals surface area contributed by atoms with E-state index in [1.165, 1.54) is 11.3 Å². The standard InChI is InChI=1S/C16H16F3N3O3S/c1-2-25-15(24)13-10(9-3-4-9)8-26-14(13)20-12(23)7-22-6-5-11(21-22)16(17,18)19/h5-6,8-9H,2-4,7H2,1H3,(H,20,23). The Hall–Kier alpha value is -2.36. The molecule has 2 heterocycles. The highest BCUT2D eigenvalue weighted by Gasteiger charge is 2.34. The summed E-state index contributed by atoms with van der Waals surface area (Å²) in [5.41, 5.74) is 0.121. The number of aromatic nitrogens is 2. The molecule has 1 saturated carbocycles. The van der Waals surface area contributed by atoms with Gasteiger partial charge in [0.2, 0.25) is 5.91 Å². The number of ether oxygens (including phenoxy) is 1. The van der Waals surface area contributed by atoms with Gasteiger partial charge in [0.05, 0.1) is 12.2 Å². The minimum atomic E-state index is -4.56. The van der Waals surface area contributed by atoms with Crippen molar-refractivity contribution in [2.75, 3.05) is 11.9 Å². The van der Waals surface area contributed by atoms with Crippen LogP contribution < -0.4 is 5.32 Å². The van der Waals surface area contributed by atoms with Crippen molar-refractivity contribution in [2.45, 2.75) is 38.4 Å². The van der Waals surface area contributed by atoms with E-state index in [1.54, 1.807) is 6.92 Å². The van der Waals surface area contributed by atoms with Crippen molar-refractivity contribution in [3.05, 3.63) is 34.5 Å². The lowest BCUT2D eigenvalue weighted by molar-refractivity contribution is -0.141. The Morgan fingerprint density at radius 1 is 1.42 bits per heavy atom. The molecule has 0 spiro atoms. The van der Waals surface area contributed by atoms with Crippen molar-refractivity contribution in [1.29, 1.82) is 0 Å². The Labute approximate surface area is 150 Å². The van der Waals surface area contributed by atoms with Crippen LogP contribution in [0.1, 0.15) is 47.3 Å². The molecule has 0 aliphatic heterocycles. The molecule has 0 radical (unpaired) electrons. The molecule has 1 amide bonds. The van der Waals surface area contributed by atoms with Gasteiger partial charge >= 0.3 is 12.1 Å². The first-order chi connectivity index (χ1) is 12.3. The van der Waals surface area contributed by atoms with Gasteiger partial charge in [0.25, 0.3) is 0 Å². The Kier molecular flexibility index (Phi) is 5.03. The van der Waals surface area contributed by atoms with E-state index in [1.807, 2.05) is 5.38 Å². The van der Waals surface area contributed by atoms with Gasteiger partial charge in [-0.15, -0.1) is 11.3 Å². The molecule has 6 nitrogen and oxygen atoms in total. The Morgan fingerprint density at radius 3 is 2.73 bits per heavy atom. The maximum absolute atomic E-state index is 12.6. The lowest BCUT2D eigenvalue weighted by Crippen LogP contribution is -2.21. The minimum Gasteiger partial charge on any atom is -0.462 e. The summed E-state index contributed by atoms with van der Waals surface area (Å²) in [7, 11) is 0. The molecule has 1 fully saturated rings. The van der Waals surface area contributed by atoms with Crippen LogP contribution in [0.3, 0.4) is 0 Å². The summed E-state index contributed by atoms with van der Waals surface area (Å²) in [5, 5.41) is 8.08. The third-order valence-electron chi connectivity index (χ3n) is 3.81. The largest absolute Gasteiger partial charge is 0.462 e. The van der Waals surface area contributed by atoms with E-state index in [0.29, 0.717) is 10.6 Å². The molecule has 0 unspecified atom stereocenters. The molecule has 1 N–H and O–H groups in total. The van der Waals surface area contributed by atoms with Crippen LogP contribution in [0.15, 0.2) is 17.6 Å². The van der Waals surface area contributed by atoms with E-state index >= 15 is 0 Å². The number of rotatable bonds is 6. The number of hydrogen-bond acceptors (Lipinski definition) is 5. The quantitative estimate of drug-likeness (QED) is 0.768. The van der Waals surface area contributed by atoms with Crippen LogP contribution >= 0.6 is 11.3 Å². The maximum Gasteiger partial charge on any atom is 0.435 e. The molecule has 0 saturated heterocycles. The highest BCUT2D eigenvalue weighted by molar-refractivity contribution is 7.15. The van der Waals surface area contributed by atoms with Crippen LogP contribution in [-0.2, 0) is 22.3 Å². The number of thiophene rings is 1. The molecule has 0 bridgehead atoms. The molecule has 26 heavy (non-hydrogen) atoms. The number of hydrogen-bond donors (Lipinski definition) is 1. The Morgan fingerprint density at radius 2 is 2.15 bits per heavy atom. The fourth-order valence-corrected chi connectivity index (χ4v) is 3.53. The molecule has 1 aliphatic carbocycles. The van der Waals surface area contributed by atoms with E-state index in [9.17, 15) is 22.8 Å². The number of esters is 1. The molecule has 2 aromatic heterocycles. The van der Waals surface area contributed by atoms with Gasteiger partial charge in [-0.05, 0) is 42.7 Å². The first kappa shape index (κ1) is 18.4. The normalized spacial score (nSPS) is 14.3. The summed E-state index contributed by atoms with van der Waals surface area (Å²) in [4.78, 5) is 24.4. The van der Waals surface area contributed by atoms with Crippen molar-refractivity contribution in [1.82, 2.24) is 9.78 Å². The monoisotopic (exact) mass is 387 g/mol. The molecule has 2 aromatic rings. The SMILES string of the molecule is CCOC(=O)c1c(C2CC2)csc1NC(=O)Cn1ccc(C(F)(F)F)n1. The van der Waals surface area contributed by atoms with Crippen molar-refractivity contribution >= 4 is 28.2 Å². The minimum absolute atomic E-state index is 0.208. The van der Waals surface area contributed by atoms with Crippen molar-refractivity contribution in [3.8, 4) is 0 Å². The number of carbonyl (C=O) groups excluding carboxylic acids is 2. The van der Waals surface area contributed by atoms with Crippen LogP contribution in [0.25, 0.3) is 0 Å². The number of alkyl halides is 3. The molecule has 0 aromatic carbocycles. The van der Waals surface area contributed by atoms with Crippen LogP contribution in [-0.4, -0.2) is 28.3 Å². The molecular weight excluding hydrogens is 371 g/mol. The number of amides is 1. The van der Waals surface area contributed by atoms with E-state index in [-0.39, 0.29) is 12.5 Å². The van der Waals surface area contributed by atoms with Gasteiger partial charge in [-0.2, -0.15) is 18.3 Å². The van der Waals surface area contributed by atoms with Crippen LogP contribution in [0.4, 0.5) is 18.2 Å². The predicted molar refractivity (Wildman–Crippen MR) is 88.1 cm³/mol. The van der Waals surface area contributed by atoms with Gasteiger partial charge in [0, 0.05) is 6.20 Å². The molecule has 10 heteroatoms. The zero-order valence-corrected chi connectivity index (χ0v) is 14.6. The van der Waals surface area contributed by atoms with Crippen LogP contribution in [0.5, 0.6) is 0 Å². The summed E-state index contributed by atoms with van der Waals surface area (Å²) < 4.78 is 43.6. The van der Waals surface area contributed by atoms with E-state index in [2.05, 4.69) is 10.4 Å². The predicted octanol–water partition coefficient (Wildman–Crippen LogP) is 3.66. The smallest absolute Gasteiger partial charge is 0.435 e. The molecule has 3 rings (SSSR count). The lowest BCUT2D eigenvalue weighted by atomic mass is 10.1. The topological polar surface area (TPSA) is 73.2 Å². The molecule has 0 atom stereocenters. The van der Waals surface area contributed by atoms with Crippen molar-refractivity contribution < 1.29 is 27.5 Å². The lowest BCUT2D eigenvalue weighted by Gasteiger charge is -2.08. The second-order valence-corrected chi connectivity index (χ2v) is 6.71. The van der Waals surface area contributed by atoms with Crippen molar-refractivity contribution in [3.63, 3.8) is 0 Å². The van der Waals surface area contributed by atoms with E-state index in [0.717, 1.165) is 35.4 Å². The Balaban J connectivity index is 1.73. The van der Waals surface area contributed by atoms with Gasteiger partial charge in [-0.3, -0.25) is 9.48 Å². The molecule has 140 valence electrons. The first-order valence-electron chi connectivity index (χ1n) is 7.98. The van der Waals surface area contributed by atoms with E-state index in [4.69, 9.17) is 4.74 Å². The molecular formula is C16H16F3N3O3S. The zero-order chi connectivity index (χ0) is 18.9. The number of nitrogens with zero attached hydrogens (tertiary/aromatic N) is 2. The number of halogens is 3. The summed E-state index contributed by atoms with van der Waals surface area (Å²) in [5.74, 6) is -0.794. The average Bonchev–Trinajstić information content (AvgIpc) is 3.13. The van der Waals surface area contributed by atoms with Gasteiger partial charge in [-0.1, -0.05) is 0 Å². The fourth-order valence-electron chi connectivity index (χ4n) is 2.49. The summed E-state index contributed by atoms with van der Waals surface area (Å²) >= 11 is 1.20. The van der Waals surface area contributed by atoms with Gasteiger partial charge in [-0.25, -0.2) is 4.79 Å². The second-order valence-electron chi connectivity index (χ2n) is 5.83.